The molecule has 6 heteroatoms. The van der Waals surface area contributed by atoms with Crippen LogP contribution in [0, 0.1) is 12.8 Å². The number of aromatic nitrogens is 1. The van der Waals surface area contributed by atoms with Crippen molar-refractivity contribution in [3.8, 4) is 12.8 Å². The lowest BCUT2D eigenvalue weighted by molar-refractivity contribution is 0.0956. The van der Waals surface area contributed by atoms with E-state index in [0.717, 1.165) is 54.6 Å². The molecule has 152 valence electrons. The molecule has 0 saturated carbocycles. The van der Waals surface area contributed by atoms with Gasteiger partial charge in [-0.3, -0.25) is 4.79 Å². The number of aryl methyl sites for hydroxylation is 2. The molecule has 4 rings (SSSR count). The van der Waals surface area contributed by atoms with E-state index in [1.807, 2.05) is 6.07 Å². The summed E-state index contributed by atoms with van der Waals surface area (Å²) in [6, 6.07) is 4.26. The molecule has 5 nitrogen and oxygen atoms in total. The van der Waals surface area contributed by atoms with Crippen LogP contribution in [0.1, 0.15) is 53.0 Å². The van der Waals surface area contributed by atoms with Gasteiger partial charge in [0.05, 0.1) is 4.88 Å². The second-order valence-electron chi connectivity index (χ2n) is 6.96. The second-order valence-corrected chi connectivity index (χ2v) is 8.00. The number of thiophene rings is 1. The zero-order valence-corrected chi connectivity index (χ0v) is 17.6. The Morgan fingerprint density at radius 1 is 1.18 bits per heavy atom. The van der Waals surface area contributed by atoms with Crippen LogP contribution in [0.25, 0.3) is 10.2 Å². The average molecular weight is 402 g/mol. The van der Waals surface area contributed by atoms with Gasteiger partial charge in [0.2, 0.25) is 0 Å². The molecular weight excluding hydrogens is 370 g/mol. The first kappa shape index (κ1) is 22.4. The molecule has 2 N–H and O–H groups in total. The second kappa shape index (κ2) is 11.8. The third kappa shape index (κ3) is 5.78. The first-order valence-corrected chi connectivity index (χ1v) is 10.8. The molecule has 0 atom stereocenters. The molecule has 0 bridgehead atoms. The van der Waals surface area contributed by atoms with Crippen LogP contribution in [0.3, 0.4) is 0 Å². The molecule has 1 saturated heterocycles. The standard InChI is InChI=1S/C19H25N3OS.C2H2.CH4O/c23-18(20-8-5-11-22-9-3-4-10-22)17-13-15-12-14-6-1-2-7-16(14)21-19(15)24-17;2*1-2/h12-13H,1-11H2,(H,20,23);1-2H;2H,1H3. The number of nitrogens with zero attached hydrogens (tertiary/aromatic N) is 2. The fraction of sp³-hybridized carbons (Fsp3) is 0.545. The molecule has 1 fully saturated rings. The lowest BCUT2D eigenvalue weighted by atomic mass is 9.96. The Hall–Kier alpha value is -1.94. The maximum atomic E-state index is 12.4. The first-order chi connectivity index (χ1) is 13.8. The van der Waals surface area contributed by atoms with E-state index in [0.29, 0.717) is 0 Å². The highest BCUT2D eigenvalue weighted by Gasteiger charge is 2.16. The maximum Gasteiger partial charge on any atom is 0.261 e. The molecule has 2 aromatic rings. The fourth-order valence-electron chi connectivity index (χ4n) is 3.80. The van der Waals surface area contributed by atoms with Gasteiger partial charge < -0.3 is 15.3 Å². The topological polar surface area (TPSA) is 65.5 Å². The van der Waals surface area contributed by atoms with Crippen LogP contribution in [0.2, 0.25) is 0 Å². The number of terminal acetylenes is 1. The number of carbonyl (C=O) groups is 1. The van der Waals surface area contributed by atoms with Gasteiger partial charge in [0, 0.05) is 24.7 Å². The molecule has 1 aliphatic carbocycles. The molecule has 1 aliphatic heterocycles. The Morgan fingerprint density at radius 3 is 2.64 bits per heavy atom. The minimum absolute atomic E-state index is 0.0531. The van der Waals surface area contributed by atoms with Gasteiger partial charge in [0.15, 0.2) is 0 Å². The van der Waals surface area contributed by atoms with Crippen molar-refractivity contribution >= 4 is 27.5 Å². The Labute approximate surface area is 172 Å². The summed E-state index contributed by atoms with van der Waals surface area (Å²) in [7, 11) is 1.00. The van der Waals surface area contributed by atoms with Gasteiger partial charge in [-0.25, -0.2) is 4.98 Å². The van der Waals surface area contributed by atoms with Gasteiger partial charge in [-0.2, -0.15) is 0 Å². The summed E-state index contributed by atoms with van der Waals surface area (Å²) in [6.45, 7) is 4.30. The highest BCUT2D eigenvalue weighted by atomic mass is 32.1. The number of likely N-dealkylation sites (tertiary alicyclic amines) is 1. The molecule has 2 aromatic heterocycles. The predicted molar refractivity (Wildman–Crippen MR) is 117 cm³/mol. The van der Waals surface area contributed by atoms with E-state index in [-0.39, 0.29) is 5.91 Å². The van der Waals surface area contributed by atoms with Crippen LogP contribution in [0.15, 0.2) is 12.1 Å². The molecule has 0 aromatic carbocycles. The van der Waals surface area contributed by atoms with E-state index >= 15 is 0 Å². The molecular formula is C22H31N3O2S. The number of nitrogens with one attached hydrogen (secondary N) is 1. The minimum atomic E-state index is 0.0531. The Balaban J connectivity index is 0.000000660. The maximum absolute atomic E-state index is 12.4. The molecule has 3 heterocycles. The molecule has 2 aliphatic rings. The van der Waals surface area contributed by atoms with Gasteiger partial charge in [-0.1, -0.05) is 0 Å². The van der Waals surface area contributed by atoms with Crippen LogP contribution in [0.5, 0.6) is 0 Å². The summed E-state index contributed by atoms with van der Waals surface area (Å²) < 4.78 is 0. The van der Waals surface area contributed by atoms with Gasteiger partial charge in [-0.05, 0) is 82.3 Å². The van der Waals surface area contributed by atoms with Crippen molar-refractivity contribution in [2.24, 2.45) is 0 Å². The van der Waals surface area contributed by atoms with Crippen molar-refractivity contribution in [3.63, 3.8) is 0 Å². The number of hydrogen-bond acceptors (Lipinski definition) is 5. The Morgan fingerprint density at radius 2 is 1.89 bits per heavy atom. The Bertz CT molecular complexity index is 736. The van der Waals surface area contributed by atoms with Crippen LogP contribution >= 0.6 is 11.3 Å². The number of rotatable bonds is 5. The van der Waals surface area contributed by atoms with Crippen molar-refractivity contribution in [2.45, 2.75) is 44.9 Å². The van der Waals surface area contributed by atoms with E-state index in [1.54, 1.807) is 0 Å². The number of amides is 1. The summed E-state index contributed by atoms with van der Waals surface area (Å²) >= 11 is 1.53. The molecule has 1 amide bonds. The third-order valence-corrected chi connectivity index (χ3v) is 6.19. The zero-order chi connectivity index (χ0) is 20.4. The number of hydrogen-bond donors (Lipinski definition) is 2. The van der Waals surface area contributed by atoms with E-state index in [9.17, 15) is 4.79 Å². The van der Waals surface area contributed by atoms with E-state index < -0.39 is 0 Å². The van der Waals surface area contributed by atoms with Gasteiger partial charge in [-0.15, -0.1) is 24.2 Å². The minimum Gasteiger partial charge on any atom is -0.400 e. The summed E-state index contributed by atoms with van der Waals surface area (Å²) in [5.74, 6) is 0.0531. The summed E-state index contributed by atoms with van der Waals surface area (Å²) in [4.78, 5) is 21.5. The van der Waals surface area contributed by atoms with E-state index in [4.69, 9.17) is 10.1 Å². The zero-order valence-electron chi connectivity index (χ0n) is 16.7. The fourth-order valence-corrected chi connectivity index (χ4v) is 4.75. The van der Waals surface area contributed by atoms with Crippen LogP contribution < -0.4 is 5.32 Å². The highest BCUT2D eigenvalue weighted by Crippen LogP contribution is 2.29. The SMILES string of the molecule is C#C.CO.O=C(NCCCN1CCCC1)c1cc2cc3c(nc2s1)CCCC3. The van der Waals surface area contributed by atoms with E-state index in [2.05, 4.69) is 29.1 Å². The first-order valence-electron chi connectivity index (χ1n) is 10.0. The molecule has 0 unspecified atom stereocenters. The number of aliphatic hydroxyl groups is 1. The highest BCUT2D eigenvalue weighted by molar-refractivity contribution is 7.20. The average Bonchev–Trinajstić information content (AvgIpc) is 3.41. The third-order valence-electron chi connectivity index (χ3n) is 5.15. The van der Waals surface area contributed by atoms with Crippen LogP contribution in [0.4, 0.5) is 0 Å². The number of pyridine rings is 1. The van der Waals surface area contributed by atoms with Crippen molar-refractivity contribution in [3.05, 3.63) is 28.3 Å². The lowest BCUT2D eigenvalue weighted by Gasteiger charge is -2.13. The van der Waals surface area contributed by atoms with E-state index in [1.165, 1.54) is 61.4 Å². The molecule has 28 heavy (non-hydrogen) atoms. The smallest absolute Gasteiger partial charge is 0.261 e. The van der Waals surface area contributed by atoms with Crippen LogP contribution in [-0.2, 0) is 12.8 Å². The number of carbonyl (C=O) groups excluding carboxylic acids is 1. The normalized spacial score (nSPS) is 15.7. The molecule has 0 spiro atoms. The number of fused-ring (bicyclic) bond motifs is 2. The number of aliphatic hydroxyl groups excluding tert-OH is 1. The quantitative estimate of drug-likeness (QED) is 0.596. The van der Waals surface area contributed by atoms with Crippen molar-refractivity contribution in [1.29, 1.82) is 0 Å². The largest absolute Gasteiger partial charge is 0.400 e. The van der Waals surface area contributed by atoms with Gasteiger partial charge in [0.1, 0.15) is 4.83 Å². The summed E-state index contributed by atoms with van der Waals surface area (Å²) in [5.41, 5.74) is 2.62. The lowest BCUT2D eigenvalue weighted by Crippen LogP contribution is -2.28. The van der Waals surface area contributed by atoms with Crippen molar-refractivity contribution in [2.75, 3.05) is 33.3 Å². The monoisotopic (exact) mass is 401 g/mol. The van der Waals surface area contributed by atoms with Crippen LogP contribution in [-0.4, -0.2) is 54.2 Å². The Kier molecular flexibility index (Phi) is 9.42. The predicted octanol–water partition coefficient (Wildman–Crippen LogP) is 3.25. The van der Waals surface area contributed by atoms with Crippen molar-refractivity contribution in [1.82, 2.24) is 15.2 Å². The van der Waals surface area contributed by atoms with Gasteiger partial charge in [0.25, 0.3) is 5.91 Å². The summed E-state index contributed by atoms with van der Waals surface area (Å²) in [5, 5.41) is 11.2. The summed E-state index contributed by atoms with van der Waals surface area (Å²) in [6.07, 6.45) is 16.4. The van der Waals surface area contributed by atoms with Gasteiger partial charge >= 0.3 is 0 Å². The molecule has 0 radical (unpaired) electrons. The van der Waals surface area contributed by atoms with Crippen molar-refractivity contribution < 1.29 is 9.90 Å².